The van der Waals surface area contributed by atoms with Crippen LogP contribution in [0.2, 0.25) is 0 Å². The van der Waals surface area contributed by atoms with Gasteiger partial charge >= 0.3 is 0 Å². The third kappa shape index (κ3) is 4.78. The van der Waals surface area contributed by atoms with E-state index in [4.69, 9.17) is 19.9 Å². The van der Waals surface area contributed by atoms with Crippen LogP contribution in [0.1, 0.15) is 33.6 Å². The number of hydrogen-bond acceptors (Lipinski definition) is 8. The van der Waals surface area contributed by atoms with Gasteiger partial charge in [-0.15, -0.1) is 0 Å². The van der Waals surface area contributed by atoms with Gasteiger partial charge in [0, 0.05) is 0 Å². The van der Waals surface area contributed by atoms with Gasteiger partial charge < -0.3 is 40.4 Å². The van der Waals surface area contributed by atoms with Gasteiger partial charge in [0.05, 0.1) is 24.9 Å². The first-order chi connectivity index (χ1) is 11.7. The van der Waals surface area contributed by atoms with Crippen LogP contribution in [0.15, 0.2) is 12.2 Å². The third-order valence-corrected chi connectivity index (χ3v) is 4.72. The third-order valence-electron chi connectivity index (χ3n) is 4.72. The largest absolute Gasteiger partial charge is 0.394 e. The topological polar surface area (TPSA) is 135 Å². The molecule has 0 amide bonds. The van der Waals surface area contributed by atoms with E-state index in [1.165, 1.54) is 0 Å². The van der Waals surface area contributed by atoms with Crippen LogP contribution < -0.4 is 5.73 Å². The lowest BCUT2D eigenvalue weighted by Gasteiger charge is -2.39. The zero-order valence-corrected chi connectivity index (χ0v) is 15.0. The summed E-state index contributed by atoms with van der Waals surface area (Å²) in [5.41, 5.74) is 6.19. The molecule has 2 aliphatic heterocycles. The molecule has 2 unspecified atom stereocenters. The maximum absolute atomic E-state index is 10.0. The molecule has 2 aliphatic rings. The Hall–Kier alpha value is -0.580. The molecule has 146 valence electrons. The second kappa shape index (κ2) is 8.41. The van der Waals surface area contributed by atoms with Crippen LogP contribution in [-0.2, 0) is 14.2 Å². The van der Waals surface area contributed by atoms with Gasteiger partial charge in [0.2, 0.25) is 0 Å². The van der Waals surface area contributed by atoms with E-state index in [-0.39, 0.29) is 18.6 Å². The van der Waals surface area contributed by atoms with E-state index < -0.39 is 49.0 Å². The van der Waals surface area contributed by atoms with Crippen molar-refractivity contribution in [1.29, 1.82) is 0 Å². The van der Waals surface area contributed by atoms with Crippen LogP contribution >= 0.6 is 0 Å². The highest BCUT2D eigenvalue weighted by molar-refractivity contribution is 5.03. The zero-order chi connectivity index (χ0) is 18.8. The normalized spacial score (nSPS) is 42.8. The van der Waals surface area contributed by atoms with Crippen molar-refractivity contribution >= 4 is 0 Å². The van der Waals surface area contributed by atoms with E-state index in [0.29, 0.717) is 0 Å². The van der Waals surface area contributed by atoms with Crippen molar-refractivity contribution < 1.29 is 34.6 Å². The highest BCUT2D eigenvalue weighted by Crippen LogP contribution is 2.31. The monoisotopic (exact) mass is 361 g/mol. The van der Waals surface area contributed by atoms with E-state index in [1.54, 1.807) is 12.2 Å². The van der Waals surface area contributed by atoms with E-state index in [0.717, 1.165) is 6.42 Å². The average Bonchev–Trinajstić information content (AvgIpc) is 2.89. The minimum Gasteiger partial charge on any atom is -0.394 e. The van der Waals surface area contributed by atoms with Crippen molar-refractivity contribution in [2.45, 2.75) is 88.2 Å². The molecule has 0 aromatic rings. The second-order valence-corrected chi connectivity index (χ2v) is 7.16. The van der Waals surface area contributed by atoms with E-state index in [2.05, 4.69) is 0 Å². The summed E-state index contributed by atoms with van der Waals surface area (Å²) in [6, 6.07) is -0.392. The lowest BCUT2D eigenvalue weighted by Crippen LogP contribution is -2.58. The first kappa shape index (κ1) is 20.7. The summed E-state index contributed by atoms with van der Waals surface area (Å²) in [4.78, 5) is 0. The summed E-state index contributed by atoms with van der Waals surface area (Å²) >= 11 is 0. The van der Waals surface area contributed by atoms with Crippen LogP contribution in [-0.4, -0.2) is 81.6 Å². The molecule has 6 N–H and O–H groups in total. The second-order valence-electron chi connectivity index (χ2n) is 7.16. The maximum atomic E-state index is 10.0. The molecule has 8 atom stereocenters. The van der Waals surface area contributed by atoms with Gasteiger partial charge in [0.25, 0.3) is 0 Å². The average molecular weight is 361 g/mol. The zero-order valence-electron chi connectivity index (χ0n) is 15.0. The van der Waals surface area contributed by atoms with Crippen LogP contribution in [0, 0.1) is 0 Å². The van der Waals surface area contributed by atoms with Crippen LogP contribution in [0.3, 0.4) is 0 Å². The molecule has 8 heteroatoms. The van der Waals surface area contributed by atoms with Crippen molar-refractivity contribution in [2.75, 3.05) is 6.61 Å². The van der Waals surface area contributed by atoms with Gasteiger partial charge in [0.15, 0.2) is 5.79 Å². The number of rotatable bonds is 6. The Morgan fingerprint density at radius 2 is 1.68 bits per heavy atom. The molecule has 0 aromatic heterocycles. The summed E-state index contributed by atoms with van der Waals surface area (Å²) in [6.45, 7) is 5.26. The molecular weight excluding hydrogens is 330 g/mol. The summed E-state index contributed by atoms with van der Waals surface area (Å²) in [5, 5.41) is 38.8. The molecule has 2 saturated heterocycles. The fourth-order valence-corrected chi connectivity index (χ4v) is 3.36. The van der Waals surface area contributed by atoms with Crippen molar-refractivity contribution in [3.8, 4) is 0 Å². The SMILES string of the molecule is CC[C@H]1OC(C)(C)O[C@H]1[C@@H](N)/C=C/C[C@@H]1OC(CO)[C@H](O)[C@H](O)C1O. The Kier molecular flexibility index (Phi) is 6.97. The first-order valence-corrected chi connectivity index (χ1v) is 8.78. The quantitative estimate of drug-likeness (QED) is 0.382. The predicted molar refractivity (Wildman–Crippen MR) is 89.6 cm³/mol. The number of ether oxygens (including phenoxy) is 3. The first-order valence-electron chi connectivity index (χ1n) is 8.78. The van der Waals surface area contributed by atoms with Gasteiger partial charge in [-0.1, -0.05) is 19.1 Å². The van der Waals surface area contributed by atoms with Gasteiger partial charge in [-0.25, -0.2) is 0 Å². The van der Waals surface area contributed by atoms with Gasteiger partial charge in [0.1, 0.15) is 30.5 Å². The van der Waals surface area contributed by atoms with E-state index >= 15 is 0 Å². The molecule has 0 radical (unpaired) electrons. The molecule has 0 spiro atoms. The summed E-state index contributed by atoms with van der Waals surface area (Å²) < 4.78 is 17.1. The highest BCUT2D eigenvalue weighted by atomic mass is 16.8. The predicted octanol–water partition coefficient (Wildman–Crippen LogP) is -0.967. The molecular formula is C17H31NO7. The maximum Gasteiger partial charge on any atom is 0.163 e. The molecule has 2 rings (SSSR count). The van der Waals surface area contributed by atoms with E-state index in [1.807, 2.05) is 20.8 Å². The Balaban J connectivity index is 1.93. The van der Waals surface area contributed by atoms with Crippen molar-refractivity contribution in [3.05, 3.63) is 12.2 Å². The van der Waals surface area contributed by atoms with E-state index in [9.17, 15) is 20.4 Å². The van der Waals surface area contributed by atoms with Crippen molar-refractivity contribution in [1.82, 2.24) is 0 Å². The minimum absolute atomic E-state index is 0.0955. The Bertz CT molecular complexity index is 456. The molecule has 2 fully saturated rings. The minimum atomic E-state index is -1.37. The summed E-state index contributed by atoms with van der Waals surface area (Å²) in [6.07, 6.45) is -1.39. The smallest absolute Gasteiger partial charge is 0.163 e. The van der Waals surface area contributed by atoms with Crippen molar-refractivity contribution in [2.24, 2.45) is 5.73 Å². The lowest BCUT2D eigenvalue weighted by atomic mass is 9.93. The molecule has 8 nitrogen and oxygen atoms in total. The molecule has 25 heavy (non-hydrogen) atoms. The fourth-order valence-electron chi connectivity index (χ4n) is 3.36. The summed E-state index contributed by atoms with van der Waals surface area (Å²) in [7, 11) is 0. The Morgan fingerprint density at radius 1 is 1.04 bits per heavy atom. The summed E-state index contributed by atoms with van der Waals surface area (Å²) in [5.74, 6) is -0.673. The fraction of sp³-hybridized carbons (Fsp3) is 0.882. The molecule has 0 aliphatic carbocycles. The number of nitrogens with two attached hydrogens (primary N) is 1. The number of hydrogen-bond donors (Lipinski definition) is 5. The van der Waals surface area contributed by atoms with Crippen LogP contribution in [0.25, 0.3) is 0 Å². The molecule has 2 heterocycles. The molecule has 0 aromatic carbocycles. The standard InChI is InChI=1S/C17H31NO7/c1-4-10-16(25-17(2,3)24-10)9(18)6-5-7-11-13(20)15(22)14(21)12(8-19)23-11/h5-6,9-16,19-22H,4,7-8,18H2,1-3H3/b6-5+/t9-,10+,11-,12?,13?,14-,15+,16-/m0/s1. The van der Waals surface area contributed by atoms with Gasteiger partial charge in [-0.05, 0) is 26.7 Å². The Morgan fingerprint density at radius 3 is 2.28 bits per heavy atom. The molecule has 0 bridgehead atoms. The number of aliphatic hydroxyl groups is 4. The highest BCUT2D eigenvalue weighted by Gasteiger charge is 2.44. The molecule has 0 saturated carbocycles. The number of aliphatic hydroxyl groups excluding tert-OH is 4. The lowest BCUT2D eigenvalue weighted by molar-refractivity contribution is -0.228. The van der Waals surface area contributed by atoms with Crippen molar-refractivity contribution in [3.63, 3.8) is 0 Å². The van der Waals surface area contributed by atoms with Crippen LogP contribution in [0.4, 0.5) is 0 Å². The van der Waals surface area contributed by atoms with Gasteiger partial charge in [-0.2, -0.15) is 0 Å². The Labute approximate surface area is 148 Å². The van der Waals surface area contributed by atoms with Gasteiger partial charge in [-0.3, -0.25) is 0 Å². The van der Waals surface area contributed by atoms with Crippen LogP contribution in [0.5, 0.6) is 0 Å².